The quantitative estimate of drug-likeness (QED) is 0.152. The number of hydrogen-bond acceptors (Lipinski definition) is 5. The molecule has 0 aromatic heterocycles. The van der Waals surface area contributed by atoms with E-state index in [0.29, 0.717) is 21.4 Å². The number of hydrogen-bond donors (Lipinski definition) is 4. The second-order valence-corrected chi connectivity index (χ2v) is 10.5. The molecule has 202 valence electrons. The van der Waals surface area contributed by atoms with Crippen molar-refractivity contribution < 1.29 is 29.4 Å². The van der Waals surface area contributed by atoms with E-state index in [4.69, 9.17) is 28.3 Å². The Kier molecular flexibility index (Phi) is 9.11. The Labute approximate surface area is 242 Å². The number of amides is 2. The van der Waals surface area contributed by atoms with Gasteiger partial charge in [-0.05, 0) is 66.2 Å². The van der Waals surface area contributed by atoms with Crippen LogP contribution in [0.5, 0.6) is 0 Å². The lowest BCUT2D eigenvalue weighted by Gasteiger charge is -2.18. The van der Waals surface area contributed by atoms with Crippen LogP contribution in [0.1, 0.15) is 41.9 Å². The van der Waals surface area contributed by atoms with Crippen LogP contribution in [-0.4, -0.2) is 34.0 Å². The Morgan fingerprint density at radius 2 is 1.32 bits per heavy atom. The van der Waals surface area contributed by atoms with Crippen LogP contribution < -0.4 is 10.6 Å². The Morgan fingerprint density at radius 1 is 0.675 bits per heavy atom. The number of rotatable bonds is 9. The molecule has 0 bridgehead atoms. The van der Waals surface area contributed by atoms with E-state index < -0.39 is 28.7 Å². The third kappa shape index (κ3) is 7.20. The molecular formula is C29H20Cl2N2O6S. The second kappa shape index (κ2) is 12.7. The molecular weight excluding hydrogens is 575 g/mol. The first kappa shape index (κ1) is 28.7. The normalized spacial score (nSPS) is 11.3. The summed E-state index contributed by atoms with van der Waals surface area (Å²) in [4.78, 5) is 49.6. The highest BCUT2D eigenvalue weighted by Gasteiger charge is 2.23. The predicted molar refractivity (Wildman–Crippen MR) is 155 cm³/mol. The zero-order chi connectivity index (χ0) is 28.8. The van der Waals surface area contributed by atoms with Crippen molar-refractivity contribution in [2.75, 3.05) is 10.6 Å². The van der Waals surface area contributed by atoms with Crippen LogP contribution in [0.15, 0.2) is 95.9 Å². The summed E-state index contributed by atoms with van der Waals surface area (Å²) in [6, 6.07) is 23.9. The maximum absolute atomic E-state index is 13.3. The highest BCUT2D eigenvalue weighted by atomic mass is 35.5. The summed E-state index contributed by atoms with van der Waals surface area (Å²) in [6.07, 6.45) is 0. The van der Waals surface area contributed by atoms with Crippen LogP contribution in [0.3, 0.4) is 0 Å². The molecule has 0 spiro atoms. The number of nitrogens with one attached hydrogen (secondary N) is 2. The van der Waals surface area contributed by atoms with Gasteiger partial charge in [-0.15, -0.1) is 11.8 Å². The van der Waals surface area contributed by atoms with Gasteiger partial charge in [-0.25, -0.2) is 9.59 Å². The van der Waals surface area contributed by atoms with Gasteiger partial charge in [0.25, 0.3) is 5.91 Å². The predicted octanol–water partition coefficient (Wildman–Crippen LogP) is 7.11. The number of benzene rings is 4. The van der Waals surface area contributed by atoms with Crippen molar-refractivity contribution >= 4 is 70.1 Å². The monoisotopic (exact) mass is 594 g/mol. The summed E-state index contributed by atoms with van der Waals surface area (Å²) in [5.74, 6) is -3.74. The van der Waals surface area contributed by atoms with Crippen molar-refractivity contribution in [3.63, 3.8) is 0 Å². The lowest BCUT2D eigenvalue weighted by Crippen LogP contribution is -2.19. The number of carbonyl (C=O) groups is 4. The first-order valence-electron chi connectivity index (χ1n) is 11.6. The third-order valence-electron chi connectivity index (χ3n) is 5.58. The Hall–Kier alpha value is -4.31. The van der Waals surface area contributed by atoms with Crippen molar-refractivity contribution in [3.05, 3.63) is 123 Å². The summed E-state index contributed by atoms with van der Waals surface area (Å²) >= 11 is 13.4. The molecule has 0 radical (unpaired) electrons. The molecule has 0 aliphatic heterocycles. The molecule has 0 heterocycles. The number of carbonyl (C=O) groups excluding carboxylic acids is 2. The van der Waals surface area contributed by atoms with Crippen LogP contribution in [0.2, 0.25) is 10.0 Å². The molecule has 0 saturated heterocycles. The van der Waals surface area contributed by atoms with Gasteiger partial charge in [0.1, 0.15) is 5.25 Å². The van der Waals surface area contributed by atoms with Crippen molar-refractivity contribution in [1.82, 2.24) is 0 Å². The molecule has 4 rings (SSSR count). The average molecular weight is 595 g/mol. The van der Waals surface area contributed by atoms with Gasteiger partial charge < -0.3 is 20.8 Å². The summed E-state index contributed by atoms with van der Waals surface area (Å²) in [5.41, 5.74) is 0.744. The van der Waals surface area contributed by atoms with E-state index in [1.165, 1.54) is 11.8 Å². The molecule has 4 aromatic carbocycles. The second-order valence-electron chi connectivity index (χ2n) is 8.41. The van der Waals surface area contributed by atoms with Crippen molar-refractivity contribution in [2.24, 2.45) is 0 Å². The topological polar surface area (TPSA) is 133 Å². The number of carboxylic acid groups (broad SMARTS) is 2. The standard InChI is InChI=1S/C29H20Cl2N2O6S/c30-18-13-19(31)15-21(14-18)33-27(35)25(16-4-2-1-3-5-16)40-22-9-7-20(8-10-22)32-26(34)23-11-6-17(28(36)37)12-24(23)29(38)39/h1-15,25H,(H,32,34)(H,33,35)(H,36,37)(H,38,39). The number of thioether (sulfide) groups is 1. The molecule has 40 heavy (non-hydrogen) atoms. The molecule has 0 aliphatic carbocycles. The van der Waals surface area contributed by atoms with Crippen molar-refractivity contribution in [3.8, 4) is 0 Å². The summed E-state index contributed by atoms with van der Waals surface area (Å²) in [7, 11) is 0. The summed E-state index contributed by atoms with van der Waals surface area (Å²) < 4.78 is 0. The Balaban J connectivity index is 1.52. The molecule has 2 amide bonds. The fourth-order valence-corrected chi connectivity index (χ4v) is 5.29. The van der Waals surface area contributed by atoms with E-state index in [1.54, 1.807) is 42.5 Å². The van der Waals surface area contributed by atoms with E-state index in [9.17, 15) is 24.3 Å². The number of carboxylic acids is 2. The highest BCUT2D eigenvalue weighted by molar-refractivity contribution is 8.00. The average Bonchev–Trinajstić information content (AvgIpc) is 2.92. The molecule has 1 unspecified atom stereocenters. The molecule has 4 aromatic rings. The van der Waals surface area contributed by atoms with Crippen LogP contribution >= 0.6 is 35.0 Å². The van der Waals surface area contributed by atoms with E-state index in [-0.39, 0.29) is 17.0 Å². The van der Waals surface area contributed by atoms with Gasteiger partial charge in [-0.3, -0.25) is 9.59 Å². The maximum atomic E-state index is 13.3. The number of anilines is 2. The van der Waals surface area contributed by atoms with Gasteiger partial charge in [0, 0.05) is 26.3 Å². The van der Waals surface area contributed by atoms with Gasteiger partial charge in [0.2, 0.25) is 5.91 Å². The van der Waals surface area contributed by atoms with Gasteiger partial charge >= 0.3 is 11.9 Å². The largest absolute Gasteiger partial charge is 0.478 e. The van der Waals surface area contributed by atoms with Crippen LogP contribution in [0.4, 0.5) is 11.4 Å². The fourth-order valence-electron chi connectivity index (χ4n) is 3.74. The van der Waals surface area contributed by atoms with E-state index in [0.717, 1.165) is 28.7 Å². The van der Waals surface area contributed by atoms with Gasteiger partial charge in [0.15, 0.2) is 0 Å². The molecule has 8 nitrogen and oxygen atoms in total. The van der Waals surface area contributed by atoms with Crippen LogP contribution in [0, 0.1) is 0 Å². The zero-order valence-corrected chi connectivity index (χ0v) is 22.8. The molecule has 0 saturated carbocycles. The van der Waals surface area contributed by atoms with E-state index in [1.807, 2.05) is 30.3 Å². The van der Waals surface area contributed by atoms with Crippen LogP contribution in [-0.2, 0) is 4.79 Å². The van der Waals surface area contributed by atoms with Crippen molar-refractivity contribution in [2.45, 2.75) is 10.1 Å². The Bertz CT molecular complexity index is 1580. The van der Waals surface area contributed by atoms with Gasteiger partial charge in [-0.2, -0.15) is 0 Å². The Morgan fingerprint density at radius 3 is 1.93 bits per heavy atom. The molecule has 0 fully saturated rings. The molecule has 1 atom stereocenters. The van der Waals surface area contributed by atoms with E-state index >= 15 is 0 Å². The minimum atomic E-state index is -1.43. The number of aromatic carboxylic acids is 2. The molecule has 11 heteroatoms. The van der Waals surface area contributed by atoms with E-state index in [2.05, 4.69) is 10.6 Å². The summed E-state index contributed by atoms with van der Waals surface area (Å²) in [5, 5.41) is 24.2. The lowest BCUT2D eigenvalue weighted by atomic mass is 10.0. The first-order valence-corrected chi connectivity index (χ1v) is 13.2. The van der Waals surface area contributed by atoms with Crippen molar-refractivity contribution in [1.29, 1.82) is 0 Å². The zero-order valence-electron chi connectivity index (χ0n) is 20.4. The maximum Gasteiger partial charge on any atom is 0.336 e. The SMILES string of the molecule is O=C(O)c1ccc(C(=O)Nc2ccc(SC(C(=O)Nc3cc(Cl)cc(Cl)c3)c3ccccc3)cc2)c(C(=O)O)c1. The first-order chi connectivity index (χ1) is 19.1. The lowest BCUT2D eigenvalue weighted by molar-refractivity contribution is -0.115. The highest BCUT2D eigenvalue weighted by Crippen LogP contribution is 2.37. The molecule has 0 aliphatic rings. The molecule has 4 N–H and O–H groups in total. The van der Waals surface area contributed by atoms with Gasteiger partial charge in [-0.1, -0.05) is 53.5 Å². The number of halogens is 2. The minimum absolute atomic E-state index is 0.183. The smallest absolute Gasteiger partial charge is 0.336 e. The fraction of sp³-hybridized carbons (Fsp3) is 0.0345. The van der Waals surface area contributed by atoms with Gasteiger partial charge in [0.05, 0.1) is 16.7 Å². The minimum Gasteiger partial charge on any atom is -0.478 e. The summed E-state index contributed by atoms with van der Waals surface area (Å²) in [6.45, 7) is 0. The van der Waals surface area contributed by atoms with Crippen LogP contribution in [0.25, 0.3) is 0 Å². The third-order valence-corrected chi connectivity index (χ3v) is 7.28.